The lowest BCUT2D eigenvalue weighted by atomic mass is 10.2. The Balaban J connectivity index is 2.49. The molecular weight excluding hydrogens is 266 g/mol. The van der Waals surface area contributed by atoms with Crippen molar-refractivity contribution in [3.8, 4) is 11.8 Å². The molecule has 0 unspecified atom stereocenters. The van der Waals surface area contributed by atoms with E-state index >= 15 is 0 Å². The first-order valence-electron chi connectivity index (χ1n) is 5.27. The number of nitrogen functional groups attached to an aromatic ring is 1. The minimum absolute atomic E-state index is 0.160. The highest BCUT2D eigenvalue weighted by Crippen LogP contribution is 2.33. The number of aromatic nitrogens is 2. The lowest BCUT2D eigenvalue weighted by Crippen LogP contribution is -2.02. The smallest absolute Gasteiger partial charge is 0.154 e. The van der Waals surface area contributed by atoms with Crippen LogP contribution in [-0.2, 0) is 0 Å². The van der Waals surface area contributed by atoms with Crippen LogP contribution in [0.3, 0.4) is 0 Å². The number of nitriles is 1. The fourth-order valence-electron chi connectivity index (χ4n) is 1.51. The molecule has 0 bridgehead atoms. The van der Waals surface area contributed by atoms with Crippen LogP contribution in [0.2, 0.25) is 5.02 Å². The first-order valence-corrected chi connectivity index (χ1v) is 5.65. The summed E-state index contributed by atoms with van der Waals surface area (Å²) in [6, 6.07) is 7.17. The van der Waals surface area contributed by atoms with Crippen LogP contribution in [0.1, 0.15) is 5.56 Å². The van der Waals surface area contributed by atoms with Gasteiger partial charge in [0.05, 0.1) is 12.7 Å². The molecule has 0 aliphatic heterocycles. The molecule has 2 aromatic rings. The van der Waals surface area contributed by atoms with Crippen molar-refractivity contribution in [3.05, 3.63) is 35.1 Å². The zero-order chi connectivity index (χ0) is 13.8. The van der Waals surface area contributed by atoms with Crippen LogP contribution >= 0.6 is 11.6 Å². The van der Waals surface area contributed by atoms with E-state index in [9.17, 15) is 0 Å². The molecule has 0 aliphatic rings. The Morgan fingerprint density at radius 1 is 1.42 bits per heavy atom. The Hall–Kier alpha value is -2.52. The number of halogens is 1. The van der Waals surface area contributed by atoms with Crippen molar-refractivity contribution >= 4 is 28.9 Å². The van der Waals surface area contributed by atoms with Gasteiger partial charge in [0.1, 0.15) is 34.7 Å². The Kier molecular flexibility index (Phi) is 3.68. The lowest BCUT2D eigenvalue weighted by Gasteiger charge is -2.13. The van der Waals surface area contributed by atoms with Crippen LogP contribution in [0.5, 0.6) is 5.75 Å². The number of anilines is 3. The molecular formula is C12H10ClN5O. The summed E-state index contributed by atoms with van der Waals surface area (Å²) in [5.74, 6) is 0.982. The number of methoxy groups -OCH3 is 1. The third-order valence-electron chi connectivity index (χ3n) is 2.43. The second-order valence-corrected chi connectivity index (χ2v) is 3.92. The molecule has 0 amide bonds. The van der Waals surface area contributed by atoms with Crippen molar-refractivity contribution in [1.29, 1.82) is 5.26 Å². The van der Waals surface area contributed by atoms with Crippen LogP contribution in [0.4, 0.5) is 17.3 Å². The molecule has 1 aromatic heterocycles. The summed E-state index contributed by atoms with van der Waals surface area (Å²) in [6.07, 6.45) is 1.28. The maximum atomic E-state index is 9.10. The van der Waals surface area contributed by atoms with E-state index in [0.29, 0.717) is 22.8 Å². The van der Waals surface area contributed by atoms with Gasteiger partial charge in [-0.1, -0.05) is 17.7 Å². The van der Waals surface area contributed by atoms with Gasteiger partial charge in [0, 0.05) is 0 Å². The molecule has 0 fully saturated rings. The molecule has 2 rings (SSSR count). The van der Waals surface area contributed by atoms with Crippen LogP contribution in [0.15, 0.2) is 24.5 Å². The van der Waals surface area contributed by atoms with Crippen molar-refractivity contribution in [2.45, 2.75) is 0 Å². The summed E-state index contributed by atoms with van der Waals surface area (Å²) in [7, 11) is 1.51. The molecule has 19 heavy (non-hydrogen) atoms. The second kappa shape index (κ2) is 5.42. The number of benzene rings is 1. The van der Waals surface area contributed by atoms with Crippen LogP contribution in [0.25, 0.3) is 0 Å². The molecule has 0 saturated heterocycles. The predicted octanol–water partition coefficient (Wildman–Crippen LogP) is 2.34. The minimum Gasteiger partial charge on any atom is -0.495 e. The van der Waals surface area contributed by atoms with E-state index in [1.807, 2.05) is 0 Å². The molecule has 1 aromatic carbocycles. The van der Waals surface area contributed by atoms with Gasteiger partial charge >= 0.3 is 0 Å². The zero-order valence-electron chi connectivity index (χ0n) is 10.0. The summed E-state index contributed by atoms with van der Waals surface area (Å²) >= 11 is 6.00. The van der Waals surface area contributed by atoms with Crippen molar-refractivity contribution in [2.75, 3.05) is 18.2 Å². The van der Waals surface area contributed by atoms with Gasteiger partial charge < -0.3 is 15.8 Å². The van der Waals surface area contributed by atoms with Crippen molar-refractivity contribution in [3.63, 3.8) is 0 Å². The normalized spacial score (nSPS) is 9.74. The average molecular weight is 276 g/mol. The van der Waals surface area contributed by atoms with E-state index in [2.05, 4.69) is 21.4 Å². The number of nitrogens with two attached hydrogens (primary N) is 1. The quantitative estimate of drug-likeness (QED) is 0.892. The van der Waals surface area contributed by atoms with Crippen molar-refractivity contribution in [1.82, 2.24) is 9.97 Å². The molecule has 96 valence electrons. The number of ether oxygens (including phenoxy) is 1. The molecule has 0 spiro atoms. The summed E-state index contributed by atoms with van der Waals surface area (Å²) in [6.45, 7) is 0. The maximum absolute atomic E-state index is 9.10. The van der Waals surface area contributed by atoms with Gasteiger partial charge in [-0.05, 0) is 12.1 Å². The fraction of sp³-hybridized carbons (Fsp3) is 0.0833. The fourth-order valence-corrected chi connectivity index (χ4v) is 1.66. The van der Waals surface area contributed by atoms with E-state index in [-0.39, 0.29) is 10.8 Å². The van der Waals surface area contributed by atoms with E-state index in [4.69, 9.17) is 27.3 Å². The van der Waals surface area contributed by atoms with Crippen LogP contribution < -0.4 is 15.8 Å². The Labute approximate surface area is 114 Å². The van der Waals surface area contributed by atoms with Crippen molar-refractivity contribution < 1.29 is 4.74 Å². The summed E-state index contributed by atoms with van der Waals surface area (Å²) in [5, 5.41) is 12.2. The first-order chi connectivity index (χ1) is 9.17. The highest BCUT2D eigenvalue weighted by atomic mass is 35.5. The van der Waals surface area contributed by atoms with E-state index < -0.39 is 0 Å². The molecule has 6 nitrogen and oxygen atoms in total. The summed E-state index contributed by atoms with van der Waals surface area (Å²) in [4.78, 5) is 7.75. The predicted molar refractivity (Wildman–Crippen MR) is 72.4 cm³/mol. The Morgan fingerprint density at radius 2 is 2.21 bits per heavy atom. The van der Waals surface area contributed by atoms with Crippen molar-refractivity contribution in [2.24, 2.45) is 0 Å². The highest BCUT2D eigenvalue weighted by Gasteiger charge is 2.13. The zero-order valence-corrected chi connectivity index (χ0v) is 10.8. The molecule has 0 atom stereocenters. The van der Waals surface area contributed by atoms with Gasteiger partial charge in [0.15, 0.2) is 5.82 Å². The Morgan fingerprint density at radius 3 is 2.89 bits per heavy atom. The topological polar surface area (TPSA) is 96.8 Å². The maximum Gasteiger partial charge on any atom is 0.154 e. The standard InChI is InChI=1S/C12H10ClN5O/c1-19-8-4-2-3-7(5-14)10(8)18-12-9(13)11(15)16-6-17-12/h2-4,6H,1H3,(H3,15,16,17,18). The summed E-state index contributed by atoms with van der Waals surface area (Å²) < 4.78 is 5.20. The monoisotopic (exact) mass is 275 g/mol. The number of rotatable bonds is 3. The number of nitrogens with one attached hydrogen (secondary N) is 1. The third-order valence-corrected chi connectivity index (χ3v) is 2.80. The number of para-hydroxylation sites is 1. The van der Waals surface area contributed by atoms with Gasteiger partial charge in [-0.15, -0.1) is 0 Å². The van der Waals surface area contributed by atoms with E-state index in [1.54, 1.807) is 18.2 Å². The van der Waals surface area contributed by atoms with Gasteiger partial charge in [-0.2, -0.15) is 5.26 Å². The van der Waals surface area contributed by atoms with Crippen LogP contribution in [-0.4, -0.2) is 17.1 Å². The molecule has 0 radical (unpaired) electrons. The third kappa shape index (κ3) is 2.51. The SMILES string of the molecule is COc1cccc(C#N)c1Nc1ncnc(N)c1Cl. The average Bonchev–Trinajstić information content (AvgIpc) is 2.44. The van der Waals surface area contributed by atoms with Gasteiger partial charge in [0.2, 0.25) is 0 Å². The molecule has 7 heteroatoms. The second-order valence-electron chi connectivity index (χ2n) is 3.54. The Bertz CT molecular complexity index is 653. The number of hydrogen-bond donors (Lipinski definition) is 2. The van der Waals surface area contributed by atoms with E-state index in [0.717, 1.165) is 0 Å². The molecule has 0 aliphatic carbocycles. The first kappa shape index (κ1) is 12.9. The van der Waals surface area contributed by atoms with Gasteiger partial charge in [-0.3, -0.25) is 0 Å². The van der Waals surface area contributed by atoms with Crippen LogP contribution in [0, 0.1) is 11.3 Å². The number of hydrogen-bond acceptors (Lipinski definition) is 6. The lowest BCUT2D eigenvalue weighted by molar-refractivity contribution is 0.416. The minimum atomic E-state index is 0.160. The largest absolute Gasteiger partial charge is 0.495 e. The number of nitrogens with zero attached hydrogens (tertiary/aromatic N) is 3. The highest BCUT2D eigenvalue weighted by molar-refractivity contribution is 6.35. The van der Waals surface area contributed by atoms with E-state index in [1.165, 1.54) is 13.4 Å². The molecule has 3 N–H and O–H groups in total. The molecule has 0 saturated carbocycles. The molecule has 1 heterocycles. The van der Waals surface area contributed by atoms with Gasteiger partial charge in [-0.25, -0.2) is 9.97 Å². The van der Waals surface area contributed by atoms with Gasteiger partial charge in [0.25, 0.3) is 0 Å². The summed E-state index contributed by atoms with van der Waals surface area (Å²) in [5.41, 5.74) is 6.49.